The van der Waals surface area contributed by atoms with E-state index >= 15 is 0 Å². The van der Waals surface area contributed by atoms with Crippen LogP contribution in [0.25, 0.3) is 0 Å². The lowest BCUT2D eigenvalue weighted by molar-refractivity contribution is 0.0954. The second-order valence-corrected chi connectivity index (χ2v) is 7.48. The van der Waals surface area contributed by atoms with Crippen molar-refractivity contribution in [1.29, 1.82) is 0 Å². The number of aryl methyl sites for hydroxylation is 1. The minimum atomic E-state index is -0.0903. The number of rotatable bonds is 3. The molecule has 3 rings (SSSR count). The summed E-state index contributed by atoms with van der Waals surface area (Å²) in [6, 6.07) is 2.05. The number of carbonyl (C=O) groups excluding carboxylic acids is 1. The second-order valence-electron chi connectivity index (χ2n) is 5.57. The summed E-state index contributed by atoms with van der Waals surface area (Å²) in [5.74, 6) is 0.638. The summed E-state index contributed by atoms with van der Waals surface area (Å²) in [6.07, 6.45) is 5.00. The van der Waals surface area contributed by atoms with Gasteiger partial charge in [-0.3, -0.25) is 4.79 Å². The van der Waals surface area contributed by atoms with Gasteiger partial charge in [-0.25, -0.2) is 5.43 Å². The van der Waals surface area contributed by atoms with E-state index < -0.39 is 0 Å². The zero-order valence-electron chi connectivity index (χ0n) is 12.2. The quantitative estimate of drug-likeness (QED) is 0.674. The molecule has 2 heterocycles. The van der Waals surface area contributed by atoms with Crippen molar-refractivity contribution < 1.29 is 4.79 Å². The Kier molecular flexibility index (Phi) is 4.22. The van der Waals surface area contributed by atoms with Crippen molar-refractivity contribution in [2.75, 3.05) is 0 Å². The van der Waals surface area contributed by atoms with Gasteiger partial charge in [0, 0.05) is 15.1 Å². The Morgan fingerprint density at radius 2 is 2.33 bits per heavy atom. The molecule has 1 aliphatic carbocycles. The SMILES string of the molecule is Cc1ccsc1C=NNC(=O)c1csc2c1CCC(C)C2. The number of nitrogens with one attached hydrogen (secondary N) is 1. The molecule has 0 saturated heterocycles. The van der Waals surface area contributed by atoms with E-state index in [0.29, 0.717) is 0 Å². The van der Waals surface area contributed by atoms with Crippen LogP contribution in [-0.4, -0.2) is 12.1 Å². The van der Waals surface area contributed by atoms with Crippen LogP contribution in [0.3, 0.4) is 0 Å². The predicted molar refractivity (Wildman–Crippen MR) is 89.6 cm³/mol. The molecule has 1 N–H and O–H groups in total. The lowest BCUT2D eigenvalue weighted by Crippen LogP contribution is -2.20. The molecule has 1 unspecified atom stereocenters. The molecular formula is C16H18N2OS2. The van der Waals surface area contributed by atoms with Crippen LogP contribution in [0.4, 0.5) is 0 Å². The van der Waals surface area contributed by atoms with E-state index in [4.69, 9.17) is 0 Å². The minimum Gasteiger partial charge on any atom is -0.267 e. The molecule has 5 heteroatoms. The molecule has 0 radical (unpaired) electrons. The highest BCUT2D eigenvalue weighted by atomic mass is 32.1. The molecule has 0 bridgehead atoms. The van der Waals surface area contributed by atoms with Crippen LogP contribution in [0.5, 0.6) is 0 Å². The van der Waals surface area contributed by atoms with Crippen molar-refractivity contribution in [3.8, 4) is 0 Å². The van der Waals surface area contributed by atoms with Gasteiger partial charge in [0.15, 0.2) is 0 Å². The van der Waals surface area contributed by atoms with Gasteiger partial charge in [0.1, 0.15) is 0 Å². The van der Waals surface area contributed by atoms with Crippen LogP contribution in [0.2, 0.25) is 0 Å². The maximum Gasteiger partial charge on any atom is 0.272 e. The molecule has 0 saturated carbocycles. The van der Waals surface area contributed by atoms with Crippen molar-refractivity contribution in [3.05, 3.63) is 43.3 Å². The first-order valence-electron chi connectivity index (χ1n) is 7.12. The van der Waals surface area contributed by atoms with Gasteiger partial charge in [0.25, 0.3) is 5.91 Å². The molecule has 21 heavy (non-hydrogen) atoms. The number of carbonyl (C=O) groups is 1. The number of nitrogens with zero attached hydrogens (tertiary/aromatic N) is 1. The molecule has 1 amide bonds. The minimum absolute atomic E-state index is 0.0903. The summed E-state index contributed by atoms with van der Waals surface area (Å²) in [4.78, 5) is 14.7. The third kappa shape index (κ3) is 3.09. The predicted octanol–water partition coefficient (Wildman–Crippen LogP) is 4.01. The molecule has 0 fully saturated rings. The van der Waals surface area contributed by atoms with E-state index in [1.54, 1.807) is 28.9 Å². The third-order valence-corrected chi connectivity index (χ3v) is 5.90. The maximum atomic E-state index is 12.3. The molecule has 1 aliphatic rings. The van der Waals surface area contributed by atoms with Gasteiger partial charge in [0.05, 0.1) is 11.8 Å². The van der Waals surface area contributed by atoms with E-state index in [0.717, 1.165) is 29.2 Å². The van der Waals surface area contributed by atoms with E-state index in [1.807, 2.05) is 23.8 Å². The largest absolute Gasteiger partial charge is 0.272 e. The van der Waals surface area contributed by atoms with Gasteiger partial charge in [-0.05, 0) is 54.7 Å². The van der Waals surface area contributed by atoms with Gasteiger partial charge in [0.2, 0.25) is 0 Å². The third-order valence-electron chi connectivity index (χ3n) is 3.90. The van der Waals surface area contributed by atoms with Crippen molar-refractivity contribution in [2.45, 2.75) is 33.1 Å². The van der Waals surface area contributed by atoms with Gasteiger partial charge in [-0.15, -0.1) is 22.7 Å². The van der Waals surface area contributed by atoms with Gasteiger partial charge in [-0.1, -0.05) is 6.92 Å². The van der Waals surface area contributed by atoms with Gasteiger partial charge < -0.3 is 0 Å². The van der Waals surface area contributed by atoms with Crippen LogP contribution in [0.1, 0.15) is 44.6 Å². The molecule has 0 spiro atoms. The average molecular weight is 318 g/mol. The van der Waals surface area contributed by atoms with E-state index in [1.165, 1.54) is 22.4 Å². The highest BCUT2D eigenvalue weighted by Gasteiger charge is 2.22. The first kappa shape index (κ1) is 14.5. The van der Waals surface area contributed by atoms with Crippen LogP contribution in [0.15, 0.2) is 21.9 Å². The monoisotopic (exact) mass is 318 g/mol. The Hall–Kier alpha value is -1.46. The van der Waals surface area contributed by atoms with Gasteiger partial charge in [-0.2, -0.15) is 5.10 Å². The summed E-state index contributed by atoms with van der Waals surface area (Å²) in [5, 5.41) is 8.08. The molecule has 3 nitrogen and oxygen atoms in total. The Bertz CT molecular complexity index is 684. The molecular weight excluding hydrogens is 300 g/mol. The van der Waals surface area contributed by atoms with E-state index in [2.05, 4.69) is 17.5 Å². The zero-order valence-corrected chi connectivity index (χ0v) is 13.8. The summed E-state index contributed by atoms with van der Waals surface area (Å²) in [7, 11) is 0. The summed E-state index contributed by atoms with van der Waals surface area (Å²) in [6.45, 7) is 4.31. The number of fused-ring (bicyclic) bond motifs is 1. The standard InChI is InChI=1S/C16H18N2OS2/c1-10-3-4-12-13(9-21-14(12)7-10)16(19)18-17-8-15-11(2)5-6-20-15/h5-6,8-10H,3-4,7H2,1-2H3,(H,18,19). The Balaban J connectivity index is 1.69. The lowest BCUT2D eigenvalue weighted by Gasteiger charge is -2.18. The number of hydrazone groups is 1. The highest BCUT2D eigenvalue weighted by molar-refractivity contribution is 7.12. The Morgan fingerprint density at radius 3 is 3.10 bits per heavy atom. The number of hydrogen-bond donors (Lipinski definition) is 1. The summed E-state index contributed by atoms with van der Waals surface area (Å²) in [5.41, 5.74) is 5.88. The molecule has 110 valence electrons. The smallest absolute Gasteiger partial charge is 0.267 e. The molecule has 2 aromatic rings. The van der Waals surface area contributed by atoms with Crippen molar-refractivity contribution in [2.24, 2.45) is 11.0 Å². The van der Waals surface area contributed by atoms with Crippen molar-refractivity contribution in [3.63, 3.8) is 0 Å². The molecule has 2 aromatic heterocycles. The average Bonchev–Trinajstić information content (AvgIpc) is 3.05. The van der Waals surface area contributed by atoms with Gasteiger partial charge >= 0.3 is 0 Å². The first-order chi connectivity index (χ1) is 10.1. The lowest BCUT2D eigenvalue weighted by atomic mass is 9.88. The van der Waals surface area contributed by atoms with Crippen molar-refractivity contribution in [1.82, 2.24) is 5.43 Å². The second kappa shape index (κ2) is 6.12. The van der Waals surface area contributed by atoms with Crippen LogP contribution in [0, 0.1) is 12.8 Å². The fourth-order valence-electron chi connectivity index (χ4n) is 2.59. The molecule has 0 aromatic carbocycles. The molecule has 0 aliphatic heterocycles. The zero-order chi connectivity index (χ0) is 14.8. The normalized spacial score (nSPS) is 17.9. The summed E-state index contributed by atoms with van der Waals surface area (Å²) >= 11 is 3.33. The number of amides is 1. The van der Waals surface area contributed by atoms with Crippen molar-refractivity contribution >= 4 is 34.8 Å². The van der Waals surface area contributed by atoms with Crippen LogP contribution < -0.4 is 5.43 Å². The highest BCUT2D eigenvalue weighted by Crippen LogP contribution is 2.32. The van der Waals surface area contributed by atoms with E-state index in [9.17, 15) is 4.79 Å². The fraction of sp³-hybridized carbons (Fsp3) is 0.375. The summed E-state index contributed by atoms with van der Waals surface area (Å²) < 4.78 is 0. The Labute approximate surface area is 132 Å². The topological polar surface area (TPSA) is 41.5 Å². The Morgan fingerprint density at radius 1 is 1.48 bits per heavy atom. The van der Waals surface area contributed by atoms with Crippen LogP contribution in [-0.2, 0) is 12.8 Å². The fourth-order valence-corrected chi connectivity index (χ4v) is 4.62. The van der Waals surface area contributed by atoms with E-state index in [-0.39, 0.29) is 5.91 Å². The number of thiophene rings is 2. The number of hydrogen-bond acceptors (Lipinski definition) is 4. The first-order valence-corrected chi connectivity index (χ1v) is 8.88. The van der Waals surface area contributed by atoms with Crippen LogP contribution >= 0.6 is 22.7 Å². The molecule has 1 atom stereocenters. The maximum absolute atomic E-state index is 12.3.